The second kappa shape index (κ2) is 12.1. The fourth-order valence-electron chi connectivity index (χ4n) is 9.33. The van der Waals surface area contributed by atoms with Crippen molar-refractivity contribution in [3.63, 3.8) is 0 Å². The zero-order valence-electron chi connectivity index (χ0n) is 30.3. The molecule has 1 spiro atoms. The van der Waals surface area contributed by atoms with Gasteiger partial charge in [-0.15, -0.1) is 0 Å². The van der Waals surface area contributed by atoms with Crippen LogP contribution in [0.3, 0.4) is 0 Å². The summed E-state index contributed by atoms with van der Waals surface area (Å²) in [6, 6.07) is 67.5. The number of aryl methyl sites for hydroxylation is 3. The molecule has 0 atom stereocenters. The van der Waals surface area contributed by atoms with E-state index in [9.17, 15) is 0 Å². The Hall–Kier alpha value is -6.44. The first kappa shape index (κ1) is 31.3. The van der Waals surface area contributed by atoms with Crippen molar-refractivity contribution in [1.29, 1.82) is 0 Å². The first-order valence-electron chi connectivity index (χ1n) is 18.6. The van der Waals surface area contributed by atoms with E-state index in [1.54, 1.807) is 0 Å². The highest BCUT2D eigenvalue weighted by atomic mass is 15.1. The van der Waals surface area contributed by atoms with Crippen LogP contribution in [0.2, 0.25) is 0 Å². The van der Waals surface area contributed by atoms with Gasteiger partial charge in [0.15, 0.2) is 0 Å². The average molecular weight is 678 g/mol. The second-order valence-electron chi connectivity index (χ2n) is 14.6. The molecule has 0 aliphatic heterocycles. The van der Waals surface area contributed by atoms with Gasteiger partial charge in [0.2, 0.25) is 0 Å². The normalized spacial score (nSPS) is 13.0. The topological polar surface area (TPSA) is 3.24 Å². The van der Waals surface area contributed by atoms with Gasteiger partial charge in [0.25, 0.3) is 0 Å². The molecule has 0 heterocycles. The van der Waals surface area contributed by atoms with Gasteiger partial charge in [0.05, 0.1) is 5.41 Å². The fourth-order valence-corrected chi connectivity index (χ4v) is 9.33. The molecule has 10 rings (SSSR count). The highest BCUT2D eigenvalue weighted by Crippen LogP contribution is 2.63. The van der Waals surface area contributed by atoms with Crippen molar-refractivity contribution in [3.8, 4) is 44.5 Å². The third kappa shape index (κ3) is 4.64. The zero-order chi connectivity index (χ0) is 35.7. The van der Waals surface area contributed by atoms with E-state index in [0.717, 1.165) is 11.4 Å². The standard InChI is InChI=1S/C52H39N/c1-34-15-7-8-18-41(34)42-28-26-39(32-35(42)2)53(51-30-25-38(31-36(51)3)37-16-5-4-6-17-37)40-27-29-50-46(33-40)45-21-11-14-24-49(45)52(50)47-22-12-9-19-43(47)44-20-10-13-23-48(44)52/h4-33H,1-3H3. The van der Waals surface area contributed by atoms with Crippen LogP contribution in [0.4, 0.5) is 17.1 Å². The van der Waals surface area contributed by atoms with Crippen molar-refractivity contribution >= 4 is 17.1 Å². The molecule has 0 saturated heterocycles. The Morgan fingerprint density at radius 3 is 1.45 bits per heavy atom. The Kier molecular flexibility index (Phi) is 7.13. The van der Waals surface area contributed by atoms with Crippen LogP contribution in [-0.4, -0.2) is 0 Å². The van der Waals surface area contributed by atoms with Crippen LogP contribution in [0.1, 0.15) is 38.9 Å². The number of nitrogens with zero attached hydrogens (tertiary/aromatic N) is 1. The smallest absolute Gasteiger partial charge is 0.0725 e. The molecule has 2 aliphatic carbocycles. The Labute approximate surface area is 312 Å². The molecule has 8 aromatic rings. The lowest BCUT2D eigenvalue weighted by molar-refractivity contribution is 0.794. The van der Waals surface area contributed by atoms with E-state index in [1.165, 1.54) is 89.1 Å². The van der Waals surface area contributed by atoms with Crippen molar-refractivity contribution in [2.45, 2.75) is 26.2 Å². The molecule has 0 bridgehead atoms. The molecular weight excluding hydrogens is 639 g/mol. The molecule has 0 saturated carbocycles. The third-order valence-corrected chi connectivity index (χ3v) is 11.7. The lowest BCUT2D eigenvalue weighted by atomic mass is 9.70. The van der Waals surface area contributed by atoms with Gasteiger partial charge in [-0.25, -0.2) is 0 Å². The number of fused-ring (bicyclic) bond motifs is 10. The van der Waals surface area contributed by atoms with E-state index in [1.807, 2.05) is 0 Å². The molecule has 0 radical (unpaired) electrons. The summed E-state index contributed by atoms with van der Waals surface area (Å²) in [6.45, 7) is 6.68. The summed E-state index contributed by atoms with van der Waals surface area (Å²) in [4.78, 5) is 2.46. The van der Waals surface area contributed by atoms with Crippen LogP contribution < -0.4 is 4.90 Å². The van der Waals surface area contributed by atoms with E-state index in [-0.39, 0.29) is 5.41 Å². The van der Waals surface area contributed by atoms with Gasteiger partial charge in [0.1, 0.15) is 0 Å². The summed E-state index contributed by atoms with van der Waals surface area (Å²) in [5.74, 6) is 0. The minimum absolute atomic E-state index is 0.360. The van der Waals surface area contributed by atoms with E-state index in [2.05, 4.69) is 208 Å². The zero-order valence-corrected chi connectivity index (χ0v) is 30.3. The van der Waals surface area contributed by atoms with Gasteiger partial charge in [0, 0.05) is 17.1 Å². The summed E-state index contributed by atoms with van der Waals surface area (Å²) < 4.78 is 0. The van der Waals surface area contributed by atoms with Gasteiger partial charge in [-0.2, -0.15) is 0 Å². The molecule has 0 aromatic heterocycles. The fraction of sp³-hybridized carbons (Fsp3) is 0.0769. The third-order valence-electron chi connectivity index (χ3n) is 11.7. The molecule has 0 amide bonds. The van der Waals surface area contributed by atoms with Crippen LogP contribution in [0, 0.1) is 20.8 Å². The lowest BCUT2D eigenvalue weighted by Crippen LogP contribution is -2.25. The van der Waals surface area contributed by atoms with Crippen molar-refractivity contribution in [1.82, 2.24) is 0 Å². The lowest BCUT2D eigenvalue weighted by Gasteiger charge is -2.31. The van der Waals surface area contributed by atoms with E-state index in [4.69, 9.17) is 0 Å². The summed E-state index contributed by atoms with van der Waals surface area (Å²) in [7, 11) is 0. The highest BCUT2D eigenvalue weighted by molar-refractivity contribution is 5.96. The SMILES string of the molecule is Cc1ccccc1-c1ccc(N(c2ccc3c(c2)-c2ccccc2C32c3ccccc3-c3ccccc32)c2ccc(-c3ccccc3)cc2C)cc1C. The molecule has 0 unspecified atom stereocenters. The van der Waals surface area contributed by atoms with Gasteiger partial charge in [-0.3, -0.25) is 0 Å². The number of rotatable bonds is 5. The minimum Gasteiger partial charge on any atom is -0.310 e. The number of hydrogen-bond acceptors (Lipinski definition) is 1. The highest BCUT2D eigenvalue weighted by Gasteiger charge is 2.51. The largest absolute Gasteiger partial charge is 0.310 e. The van der Waals surface area contributed by atoms with Crippen LogP contribution in [0.5, 0.6) is 0 Å². The monoisotopic (exact) mass is 677 g/mol. The van der Waals surface area contributed by atoms with Crippen molar-refractivity contribution in [2.75, 3.05) is 4.90 Å². The Morgan fingerprint density at radius 2 is 0.830 bits per heavy atom. The predicted molar refractivity (Wildman–Crippen MR) is 223 cm³/mol. The Bertz CT molecular complexity index is 2670. The molecule has 1 heteroatoms. The van der Waals surface area contributed by atoms with E-state index < -0.39 is 0 Å². The Balaban J connectivity index is 1.19. The summed E-state index contributed by atoms with van der Waals surface area (Å²) in [6.07, 6.45) is 0. The van der Waals surface area contributed by atoms with Gasteiger partial charge in [-0.1, -0.05) is 146 Å². The summed E-state index contributed by atoms with van der Waals surface area (Å²) >= 11 is 0. The molecular formula is C52H39N. The maximum absolute atomic E-state index is 2.46. The van der Waals surface area contributed by atoms with Crippen LogP contribution in [0.25, 0.3) is 44.5 Å². The van der Waals surface area contributed by atoms with Crippen molar-refractivity contribution < 1.29 is 0 Å². The molecule has 53 heavy (non-hydrogen) atoms. The van der Waals surface area contributed by atoms with Gasteiger partial charge >= 0.3 is 0 Å². The first-order valence-corrected chi connectivity index (χ1v) is 18.6. The van der Waals surface area contributed by atoms with Gasteiger partial charge in [-0.05, 0) is 141 Å². The molecule has 0 N–H and O–H groups in total. The van der Waals surface area contributed by atoms with Crippen molar-refractivity contribution in [2.24, 2.45) is 0 Å². The number of benzene rings is 8. The predicted octanol–water partition coefficient (Wildman–Crippen LogP) is 13.8. The molecule has 252 valence electrons. The molecule has 8 aromatic carbocycles. The van der Waals surface area contributed by atoms with Gasteiger partial charge < -0.3 is 4.90 Å². The molecule has 0 fully saturated rings. The van der Waals surface area contributed by atoms with E-state index >= 15 is 0 Å². The van der Waals surface area contributed by atoms with Crippen LogP contribution in [0.15, 0.2) is 182 Å². The average Bonchev–Trinajstić information content (AvgIpc) is 3.67. The number of anilines is 3. The summed E-state index contributed by atoms with van der Waals surface area (Å²) in [5.41, 5.74) is 22.6. The van der Waals surface area contributed by atoms with E-state index in [0.29, 0.717) is 0 Å². The van der Waals surface area contributed by atoms with Crippen LogP contribution >= 0.6 is 0 Å². The van der Waals surface area contributed by atoms with Crippen LogP contribution in [-0.2, 0) is 5.41 Å². The van der Waals surface area contributed by atoms with Crippen molar-refractivity contribution in [3.05, 3.63) is 221 Å². The Morgan fingerprint density at radius 1 is 0.321 bits per heavy atom. The maximum Gasteiger partial charge on any atom is 0.0725 e. The quantitative estimate of drug-likeness (QED) is 0.175. The molecule has 1 nitrogen and oxygen atoms in total. The minimum atomic E-state index is -0.360. The number of hydrogen-bond donors (Lipinski definition) is 0. The first-order chi connectivity index (χ1) is 26.0. The second-order valence-corrected chi connectivity index (χ2v) is 14.6. The molecule has 2 aliphatic rings. The summed E-state index contributed by atoms with van der Waals surface area (Å²) in [5, 5.41) is 0. The maximum atomic E-state index is 2.46.